The maximum absolute atomic E-state index is 12.7. The second-order valence-electron chi connectivity index (χ2n) is 6.55. The van der Waals surface area contributed by atoms with E-state index in [1.54, 1.807) is 18.2 Å². The number of aromatic nitrogens is 1. The molecule has 0 bridgehead atoms. The Morgan fingerprint density at radius 1 is 0.806 bits per heavy atom. The summed E-state index contributed by atoms with van der Waals surface area (Å²) >= 11 is 0. The zero-order valence-corrected chi connectivity index (χ0v) is 17.5. The number of anilines is 2. The van der Waals surface area contributed by atoms with Crippen molar-refractivity contribution in [3.05, 3.63) is 85.2 Å². The number of benzene rings is 3. The fourth-order valence-electron chi connectivity index (χ4n) is 2.94. The lowest BCUT2D eigenvalue weighted by atomic mass is 10.1. The van der Waals surface area contributed by atoms with E-state index < -0.39 is 25.1 Å². The van der Waals surface area contributed by atoms with Crippen LogP contribution >= 0.6 is 0 Å². The molecule has 0 saturated heterocycles. The van der Waals surface area contributed by atoms with Gasteiger partial charge in [0.05, 0.1) is 4.90 Å². The van der Waals surface area contributed by atoms with Gasteiger partial charge in [-0.25, -0.2) is 0 Å². The zero-order chi connectivity index (χ0) is 22.1. The van der Waals surface area contributed by atoms with Crippen LogP contribution in [-0.4, -0.2) is 26.4 Å². The average Bonchev–Trinajstić information content (AvgIpc) is 2.74. The first-order valence-electron chi connectivity index (χ1n) is 8.94. The van der Waals surface area contributed by atoms with Crippen molar-refractivity contribution >= 4 is 42.4 Å². The van der Waals surface area contributed by atoms with E-state index >= 15 is 0 Å². The highest BCUT2D eigenvalue weighted by Gasteiger charge is 2.21. The number of fused-ring (bicyclic) bond motifs is 1. The summed E-state index contributed by atoms with van der Waals surface area (Å²) in [5.41, 5.74) is 1.43. The van der Waals surface area contributed by atoms with Gasteiger partial charge in [0.15, 0.2) is 5.75 Å². The first kappa shape index (κ1) is 20.8. The summed E-state index contributed by atoms with van der Waals surface area (Å²) in [6, 6.07) is 19.2. The summed E-state index contributed by atoms with van der Waals surface area (Å²) in [5, 5.41) is 3.88. The minimum absolute atomic E-state index is 0.195. The number of pyridine rings is 1. The summed E-state index contributed by atoms with van der Waals surface area (Å²) in [6.45, 7) is 0. The molecule has 158 valence electrons. The highest BCUT2D eigenvalue weighted by atomic mass is 32.2. The molecule has 0 atom stereocenters. The Morgan fingerprint density at radius 3 is 2.26 bits per heavy atom. The number of para-hydroxylation sites is 1. The highest BCUT2D eigenvalue weighted by molar-refractivity contribution is 7.87. The number of nitrogens with one attached hydrogen (secondary N) is 1. The van der Waals surface area contributed by atoms with E-state index in [1.807, 2.05) is 30.3 Å². The van der Waals surface area contributed by atoms with Crippen LogP contribution in [0.25, 0.3) is 10.8 Å². The van der Waals surface area contributed by atoms with Crippen molar-refractivity contribution in [1.29, 1.82) is 0 Å². The first-order chi connectivity index (χ1) is 14.7. The second-order valence-corrected chi connectivity index (χ2v) is 9.52. The Morgan fingerprint density at radius 2 is 1.58 bits per heavy atom. The van der Waals surface area contributed by atoms with Crippen LogP contribution in [0.4, 0.5) is 11.4 Å². The van der Waals surface area contributed by atoms with Gasteiger partial charge in [-0.3, -0.25) is 9.54 Å². The molecule has 0 aliphatic rings. The minimum Gasteiger partial charge on any atom is -0.378 e. The van der Waals surface area contributed by atoms with Crippen LogP contribution in [-0.2, 0) is 20.2 Å². The normalized spacial score (nSPS) is 11.9. The Bertz CT molecular complexity index is 1460. The van der Waals surface area contributed by atoms with Gasteiger partial charge in [0.25, 0.3) is 10.1 Å². The molecular formula is C21H16N2O6S2. The van der Waals surface area contributed by atoms with Gasteiger partial charge >= 0.3 is 10.1 Å². The van der Waals surface area contributed by atoms with E-state index in [2.05, 4.69) is 10.3 Å². The quantitative estimate of drug-likeness (QED) is 0.330. The third-order valence-corrected chi connectivity index (χ3v) is 6.42. The lowest BCUT2D eigenvalue weighted by Crippen LogP contribution is -2.11. The highest BCUT2D eigenvalue weighted by Crippen LogP contribution is 2.34. The molecule has 0 unspecified atom stereocenters. The molecular weight excluding hydrogens is 440 g/mol. The first-order valence-corrected chi connectivity index (χ1v) is 11.8. The predicted octanol–water partition coefficient (Wildman–Crippen LogP) is 3.99. The van der Waals surface area contributed by atoms with Crippen molar-refractivity contribution < 1.29 is 25.6 Å². The molecule has 1 heterocycles. The summed E-state index contributed by atoms with van der Waals surface area (Å²) in [5.74, 6) is -0.245. The smallest absolute Gasteiger partial charge is 0.340 e. The van der Waals surface area contributed by atoms with Gasteiger partial charge < -0.3 is 9.50 Å². The fourth-order valence-corrected chi connectivity index (χ4v) is 4.38. The van der Waals surface area contributed by atoms with Gasteiger partial charge in [0.2, 0.25) is 0 Å². The lowest BCUT2D eigenvalue weighted by Gasteiger charge is -2.13. The summed E-state index contributed by atoms with van der Waals surface area (Å²) in [7, 11) is -8.90. The Kier molecular flexibility index (Phi) is 5.36. The second kappa shape index (κ2) is 7.99. The van der Waals surface area contributed by atoms with Crippen LogP contribution in [0.1, 0.15) is 0 Å². The molecule has 0 aliphatic heterocycles. The van der Waals surface area contributed by atoms with E-state index in [4.69, 9.17) is 4.18 Å². The van der Waals surface area contributed by atoms with Crippen LogP contribution in [0, 0.1) is 0 Å². The van der Waals surface area contributed by atoms with Gasteiger partial charge in [-0.05, 0) is 47.9 Å². The molecule has 0 spiro atoms. The molecule has 0 amide bonds. The van der Waals surface area contributed by atoms with Crippen LogP contribution in [0.5, 0.6) is 5.75 Å². The van der Waals surface area contributed by atoms with Crippen molar-refractivity contribution in [3.63, 3.8) is 0 Å². The molecule has 2 N–H and O–H groups in total. The summed E-state index contributed by atoms with van der Waals surface area (Å²) in [6.07, 6.45) is 2.53. The van der Waals surface area contributed by atoms with Crippen molar-refractivity contribution in [2.75, 3.05) is 5.32 Å². The zero-order valence-electron chi connectivity index (χ0n) is 15.8. The molecule has 0 radical (unpaired) electrons. The molecule has 3 aromatic carbocycles. The average molecular weight is 457 g/mol. The molecule has 4 rings (SSSR count). The maximum Gasteiger partial charge on any atom is 0.340 e. The van der Waals surface area contributed by atoms with Gasteiger partial charge in [-0.1, -0.05) is 24.3 Å². The van der Waals surface area contributed by atoms with E-state index in [9.17, 15) is 21.4 Å². The lowest BCUT2D eigenvalue weighted by molar-refractivity contribution is 0.477. The number of nitrogens with zero attached hydrogens (tertiary/aromatic N) is 1. The molecule has 0 fully saturated rings. The van der Waals surface area contributed by atoms with E-state index in [-0.39, 0.29) is 10.6 Å². The number of rotatable bonds is 6. The molecule has 4 aromatic rings. The number of hydrogen-bond donors (Lipinski definition) is 2. The van der Waals surface area contributed by atoms with E-state index in [0.29, 0.717) is 16.5 Å². The SMILES string of the molecule is O=S(=O)(O)c1cc(OS(=O)(=O)c2cccnc2)c2cc(Nc3ccccc3)ccc2c1. The maximum atomic E-state index is 12.7. The minimum atomic E-state index is -4.60. The van der Waals surface area contributed by atoms with Gasteiger partial charge in [-0.15, -0.1) is 0 Å². The standard InChI is InChI=1S/C21H16N2O6S2/c24-30(25,26)19-11-15-8-9-17(23-16-5-2-1-3-6-16)12-20(15)21(13-19)29-31(27,28)18-7-4-10-22-14-18/h1-14,23H,(H,24,25,26). The molecule has 10 heteroatoms. The van der Waals surface area contributed by atoms with Crippen LogP contribution in [0.15, 0.2) is 95.0 Å². The van der Waals surface area contributed by atoms with E-state index in [0.717, 1.165) is 18.0 Å². The van der Waals surface area contributed by atoms with Gasteiger partial charge in [0, 0.05) is 35.2 Å². The van der Waals surface area contributed by atoms with Crippen LogP contribution in [0.2, 0.25) is 0 Å². The van der Waals surface area contributed by atoms with Gasteiger partial charge in [0.1, 0.15) is 4.90 Å². The Labute approximate surface area is 179 Å². The predicted molar refractivity (Wildman–Crippen MR) is 116 cm³/mol. The van der Waals surface area contributed by atoms with Crippen molar-refractivity contribution in [1.82, 2.24) is 4.98 Å². The fraction of sp³-hybridized carbons (Fsp3) is 0. The van der Waals surface area contributed by atoms with Crippen molar-refractivity contribution in [3.8, 4) is 5.75 Å². The largest absolute Gasteiger partial charge is 0.378 e. The molecule has 1 aromatic heterocycles. The molecule has 31 heavy (non-hydrogen) atoms. The topological polar surface area (TPSA) is 123 Å². The van der Waals surface area contributed by atoms with Crippen LogP contribution < -0.4 is 9.50 Å². The third kappa shape index (κ3) is 4.66. The molecule has 8 nitrogen and oxygen atoms in total. The monoisotopic (exact) mass is 456 g/mol. The Balaban J connectivity index is 1.84. The molecule has 0 aliphatic carbocycles. The Hall–Kier alpha value is -3.47. The summed E-state index contributed by atoms with van der Waals surface area (Å²) in [4.78, 5) is 3.09. The number of hydrogen-bond acceptors (Lipinski definition) is 7. The van der Waals surface area contributed by atoms with Gasteiger partial charge in [-0.2, -0.15) is 16.8 Å². The third-order valence-electron chi connectivity index (χ3n) is 4.37. The van der Waals surface area contributed by atoms with Crippen molar-refractivity contribution in [2.45, 2.75) is 9.79 Å². The van der Waals surface area contributed by atoms with E-state index in [1.165, 1.54) is 24.4 Å². The molecule has 0 saturated carbocycles. The van der Waals surface area contributed by atoms with Crippen molar-refractivity contribution in [2.24, 2.45) is 0 Å². The van der Waals surface area contributed by atoms with Crippen LogP contribution in [0.3, 0.4) is 0 Å². The summed E-state index contributed by atoms with van der Waals surface area (Å²) < 4.78 is 63.5.